The van der Waals surface area contributed by atoms with Gasteiger partial charge < -0.3 is 14.4 Å². The van der Waals surface area contributed by atoms with Gasteiger partial charge >= 0.3 is 0 Å². The number of nitrogens with zero attached hydrogens (tertiary/aromatic N) is 6. The molecule has 3 heterocycles. The fraction of sp³-hybridized carbons (Fsp3) is 0.286. The van der Waals surface area contributed by atoms with Crippen LogP contribution in [0.2, 0.25) is 0 Å². The minimum absolute atomic E-state index is 0.128. The Balaban J connectivity index is 1.49. The van der Waals surface area contributed by atoms with Crippen LogP contribution in [0.3, 0.4) is 0 Å². The van der Waals surface area contributed by atoms with Crippen LogP contribution in [-0.4, -0.2) is 56.9 Å². The third-order valence-electron chi connectivity index (χ3n) is 4.96. The van der Waals surface area contributed by atoms with E-state index in [1.165, 1.54) is 12.4 Å². The molecule has 0 N–H and O–H groups in total. The molecular weight excluding hydrogens is 384 g/mol. The van der Waals surface area contributed by atoms with Gasteiger partial charge in [0.05, 0.1) is 19.3 Å². The molecule has 1 aliphatic heterocycles. The van der Waals surface area contributed by atoms with Crippen LogP contribution in [-0.2, 0) is 7.05 Å². The van der Waals surface area contributed by atoms with E-state index in [0.29, 0.717) is 36.6 Å². The maximum Gasteiger partial charge on any atom is 0.272 e. The highest BCUT2D eigenvalue weighted by Gasteiger charge is 2.31. The van der Waals surface area contributed by atoms with Gasteiger partial charge in [0.2, 0.25) is 5.69 Å². The molecule has 1 fully saturated rings. The predicted molar refractivity (Wildman–Crippen MR) is 107 cm³/mol. The quantitative estimate of drug-likeness (QED) is 0.641. The van der Waals surface area contributed by atoms with Gasteiger partial charge in [-0.15, -0.1) is 0 Å². The van der Waals surface area contributed by atoms with Crippen LogP contribution < -0.4 is 9.47 Å². The lowest BCUT2D eigenvalue weighted by molar-refractivity contribution is 0.0760. The molecule has 1 unspecified atom stereocenters. The maximum atomic E-state index is 13.1. The number of carbonyl (C=O) groups excluding carboxylic acids is 1. The van der Waals surface area contributed by atoms with Gasteiger partial charge in [0.1, 0.15) is 23.6 Å². The van der Waals surface area contributed by atoms with Crippen LogP contribution in [0.25, 0.3) is 11.3 Å². The highest BCUT2D eigenvalue weighted by molar-refractivity contribution is 5.94. The summed E-state index contributed by atoms with van der Waals surface area (Å²) in [4.78, 5) is 22.8. The van der Waals surface area contributed by atoms with Gasteiger partial charge in [0.25, 0.3) is 11.8 Å². The number of hydrogen-bond donors (Lipinski definition) is 0. The molecule has 3 aromatic rings. The second-order valence-electron chi connectivity index (χ2n) is 6.84. The molecule has 1 aliphatic rings. The summed E-state index contributed by atoms with van der Waals surface area (Å²) in [6.07, 6.45) is 3.31. The van der Waals surface area contributed by atoms with Crippen molar-refractivity contribution in [2.24, 2.45) is 7.05 Å². The Hall–Kier alpha value is -3.93. The summed E-state index contributed by atoms with van der Waals surface area (Å²) in [5.41, 5.74) is 2.11. The van der Waals surface area contributed by atoms with E-state index in [4.69, 9.17) is 14.7 Å². The van der Waals surface area contributed by atoms with Gasteiger partial charge in [-0.05, 0) is 18.2 Å². The van der Waals surface area contributed by atoms with E-state index in [1.54, 1.807) is 29.8 Å². The van der Waals surface area contributed by atoms with Gasteiger partial charge in [0, 0.05) is 38.0 Å². The zero-order valence-electron chi connectivity index (χ0n) is 16.6. The lowest BCUT2D eigenvalue weighted by Gasteiger charge is -2.17. The lowest BCUT2D eigenvalue weighted by atomic mass is 10.1. The number of aromatic nitrogens is 4. The molecule has 0 saturated carbocycles. The molecule has 9 nitrogen and oxygen atoms in total. The number of rotatable bonds is 5. The number of benzene rings is 1. The summed E-state index contributed by atoms with van der Waals surface area (Å²) in [5.74, 6) is 0.761. The van der Waals surface area contributed by atoms with E-state index < -0.39 is 0 Å². The first-order valence-corrected chi connectivity index (χ1v) is 9.45. The lowest BCUT2D eigenvalue weighted by Crippen LogP contribution is -2.32. The Kier molecular flexibility index (Phi) is 5.30. The number of ether oxygens (including phenoxy) is 2. The molecule has 4 rings (SSSR count). The van der Waals surface area contributed by atoms with Gasteiger partial charge in [-0.3, -0.25) is 9.48 Å². The third kappa shape index (κ3) is 3.67. The molecule has 1 atom stereocenters. The second-order valence-corrected chi connectivity index (χ2v) is 6.84. The number of carbonyl (C=O) groups is 1. The molecule has 30 heavy (non-hydrogen) atoms. The van der Waals surface area contributed by atoms with Gasteiger partial charge in [-0.1, -0.05) is 12.1 Å². The van der Waals surface area contributed by atoms with Crippen molar-refractivity contribution in [2.75, 3.05) is 20.2 Å². The number of methoxy groups -OCH3 is 1. The van der Waals surface area contributed by atoms with Crippen LogP contribution >= 0.6 is 0 Å². The topological polar surface area (TPSA) is 106 Å². The average molecular weight is 404 g/mol. The van der Waals surface area contributed by atoms with Crippen molar-refractivity contribution in [2.45, 2.75) is 12.5 Å². The smallest absolute Gasteiger partial charge is 0.272 e. The number of amides is 1. The highest BCUT2D eigenvalue weighted by atomic mass is 16.5. The molecule has 1 amide bonds. The zero-order chi connectivity index (χ0) is 21.1. The van der Waals surface area contributed by atoms with E-state index in [2.05, 4.69) is 15.1 Å². The molecule has 152 valence electrons. The van der Waals surface area contributed by atoms with Crippen molar-refractivity contribution in [3.63, 3.8) is 0 Å². The number of para-hydroxylation sites is 1. The van der Waals surface area contributed by atoms with Gasteiger partial charge in [-0.2, -0.15) is 10.4 Å². The summed E-state index contributed by atoms with van der Waals surface area (Å²) in [7, 11) is 3.35. The Bertz CT molecular complexity index is 1120. The van der Waals surface area contributed by atoms with Crippen LogP contribution in [0.5, 0.6) is 11.6 Å². The van der Waals surface area contributed by atoms with E-state index in [-0.39, 0.29) is 23.6 Å². The Labute approximate surface area is 173 Å². The van der Waals surface area contributed by atoms with E-state index in [9.17, 15) is 4.79 Å². The van der Waals surface area contributed by atoms with Gasteiger partial charge in [-0.25, -0.2) is 9.97 Å². The van der Waals surface area contributed by atoms with Crippen LogP contribution in [0.15, 0.2) is 42.7 Å². The van der Waals surface area contributed by atoms with Crippen molar-refractivity contribution in [1.82, 2.24) is 24.6 Å². The molecule has 2 aromatic heterocycles. The van der Waals surface area contributed by atoms with E-state index in [1.807, 2.05) is 30.3 Å². The molecule has 1 aromatic carbocycles. The minimum Gasteiger partial charge on any atom is -0.496 e. The summed E-state index contributed by atoms with van der Waals surface area (Å²) < 4.78 is 12.8. The molecule has 0 spiro atoms. The monoisotopic (exact) mass is 404 g/mol. The van der Waals surface area contributed by atoms with Gasteiger partial charge in [0.15, 0.2) is 0 Å². The predicted octanol–water partition coefficient (Wildman–Crippen LogP) is 2.05. The van der Waals surface area contributed by atoms with Crippen LogP contribution in [0.4, 0.5) is 0 Å². The zero-order valence-corrected chi connectivity index (χ0v) is 16.6. The first-order chi connectivity index (χ1) is 14.6. The van der Waals surface area contributed by atoms with Crippen molar-refractivity contribution in [1.29, 1.82) is 5.26 Å². The summed E-state index contributed by atoms with van der Waals surface area (Å²) in [6, 6.07) is 11.3. The SMILES string of the molecule is COc1ccccc1-c1cc(C(=O)N2CCC(Oc3nccnc3C#N)C2)n(C)n1. The first kappa shape index (κ1) is 19.4. The highest BCUT2D eigenvalue weighted by Crippen LogP contribution is 2.29. The molecular formula is C21H20N6O3. The Morgan fingerprint density at radius 2 is 2.07 bits per heavy atom. The third-order valence-corrected chi connectivity index (χ3v) is 4.96. The molecule has 0 radical (unpaired) electrons. The normalized spacial score (nSPS) is 15.6. The average Bonchev–Trinajstić information content (AvgIpc) is 3.40. The number of likely N-dealkylation sites (tertiary alicyclic amines) is 1. The number of hydrogen-bond acceptors (Lipinski definition) is 7. The molecule has 0 bridgehead atoms. The summed E-state index contributed by atoms with van der Waals surface area (Å²) >= 11 is 0. The fourth-order valence-corrected chi connectivity index (χ4v) is 3.47. The summed E-state index contributed by atoms with van der Waals surface area (Å²) in [6.45, 7) is 0.941. The Morgan fingerprint density at radius 3 is 2.87 bits per heavy atom. The summed E-state index contributed by atoms with van der Waals surface area (Å²) in [5, 5.41) is 13.6. The molecule has 9 heteroatoms. The fourth-order valence-electron chi connectivity index (χ4n) is 3.47. The largest absolute Gasteiger partial charge is 0.496 e. The van der Waals surface area contributed by atoms with Crippen LogP contribution in [0.1, 0.15) is 22.6 Å². The van der Waals surface area contributed by atoms with Crippen molar-refractivity contribution >= 4 is 5.91 Å². The van der Waals surface area contributed by atoms with Crippen molar-refractivity contribution in [3.8, 4) is 29.0 Å². The molecule has 1 saturated heterocycles. The maximum absolute atomic E-state index is 13.1. The van der Waals surface area contributed by atoms with Crippen LogP contribution in [0, 0.1) is 11.3 Å². The number of nitriles is 1. The standard InChI is InChI=1S/C21H20N6O3/c1-26-18(11-16(25-26)15-5-3-4-6-19(15)29-2)21(28)27-10-7-14(13-27)30-20-17(12-22)23-8-9-24-20/h3-6,8-9,11,14H,7,10,13H2,1-2H3. The minimum atomic E-state index is -0.250. The molecule has 0 aliphatic carbocycles. The van der Waals surface area contributed by atoms with Crippen molar-refractivity contribution < 1.29 is 14.3 Å². The first-order valence-electron chi connectivity index (χ1n) is 9.45. The Morgan fingerprint density at radius 1 is 1.27 bits per heavy atom. The second kappa shape index (κ2) is 8.21. The van der Waals surface area contributed by atoms with Crippen molar-refractivity contribution in [3.05, 3.63) is 54.1 Å². The van der Waals surface area contributed by atoms with E-state index in [0.717, 1.165) is 5.56 Å². The van der Waals surface area contributed by atoms with E-state index >= 15 is 0 Å². The number of aryl methyl sites for hydroxylation is 1.